The first kappa shape index (κ1) is 6.41. The average molecular weight is 217 g/mol. The van der Waals surface area contributed by atoms with Crippen LogP contribution in [0.15, 0.2) is 24.4 Å². The number of halogens is 1. The van der Waals surface area contributed by atoms with E-state index < -0.39 is 0 Å². The normalized spacial score (nSPS) is 10.5. The van der Waals surface area contributed by atoms with Crippen molar-refractivity contribution in [1.29, 1.82) is 0 Å². The van der Waals surface area contributed by atoms with Gasteiger partial charge in [-0.05, 0) is 0 Å². The van der Waals surface area contributed by atoms with Crippen LogP contribution in [0.1, 0.15) is 0 Å². The Balaban J connectivity index is 2.95. The summed E-state index contributed by atoms with van der Waals surface area (Å²) in [6.07, 6.45) is 1.86. The quantitative estimate of drug-likeness (QED) is 0.614. The van der Waals surface area contributed by atoms with Gasteiger partial charge in [-0.15, -0.1) is 0 Å². The molecule has 0 aliphatic rings. The first-order valence-corrected chi connectivity index (χ1v) is 4.87. The Morgan fingerprint density at radius 1 is 1.40 bits per heavy atom. The molecule has 0 spiro atoms. The molecule has 0 aliphatic carbocycles. The summed E-state index contributed by atoms with van der Waals surface area (Å²) in [5.41, 5.74) is 0. The predicted molar refractivity (Wildman–Crippen MR) is 43.7 cm³/mol. The zero-order valence-corrected chi connectivity index (χ0v) is 7.51. The van der Waals surface area contributed by atoms with Crippen molar-refractivity contribution in [3.8, 4) is 0 Å². The maximum atomic E-state index is 5.89. The van der Waals surface area contributed by atoms with Gasteiger partial charge in [-0.25, -0.2) is 0 Å². The summed E-state index contributed by atoms with van der Waals surface area (Å²) in [5, 5.41) is 1.93. The Morgan fingerprint density at radius 3 is 3.10 bits per heavy atom. The Labute approximate surface area is 69.6 Å². The van der Waals surface area contributed by atoms with Gasteiger partial charge in [-0.2, -0.15) is 0 Å². The van der Waals surface area contributed by atoms with Gasteiger partial charge in [0.15, 0.2) is 0 Å². The van der Waals surface area contributed by atoms with E-state index in [-0.39, 0.29) is 14.7 Å². The summed E-state index contributed by atoms with van der Waals surface area (Å²) in [4.78, 5) is 0. The number of hydrogen-bond donors (Lipinski definition) is 0. The standard InChI is InChI=1S/C7H4ClNSe/c8-6-2-1-3-7-5(6)4-9-10-7/h1-4H. The predicted octanol–water partition coefficient (Wildman–Crippen LogP) is 1.95. The molecule has 0 atom stereocenters. The zero-order valence-electron chi connectivity index (χ0n) is 5.04. The number of benzene rings is 1. The Morgan fingerprint density at radius 2 is 2.30 bits per heavy atom. The van der Waals surface area contributed by atoms with Crippen LogP contribution in [0, 0.1) is 0 Å². The van der Waals surface area contributed by atoms with Gasteiger partial charge in [0.05, 0.1) is 0 Å². The first-order valence-electron chi connectivity index (χ1n) is 2.87. The summed E-state index contributed by atoms with van der Waals surface area (Å²) < 4.78 is 5.46. The third kappa shape index (κ3) is 0.891. The van der Waals surface area contributed by atoms with Gasteiger partial charge in [-0.3, -0.25) is 0 Å². The Bertz CT molecular complexity index is 355. The van der Waals surface area contributed by atoms with Crippen LogP contribution in [-0.2, 0) is 0 Å². The summed E-state index contributed by atoms with van der Waals surface area (Å²) >= 11 is 6.17. The van der Waals surface area contributed by atoms with Gasteiger partial charge in [0.25, 0.3) is 0 Å². The van der Waals surface area contributed by atoms with E-state index in [1.165, 1.54) is 4.26 Å². The maximum absolute atomic E-state index is 5.89. The molecule has 2 aromatic rings. The van der Waals surface area contributed by atoms with E-state index in [0.717, 1.165) is 10.4 Å². The van der Waals surface area contributed by atoms with E-state index >= 15 is 0 Å². The minimum absolute atomic E-state index is 0.278. The SMILES string of the molecule is Clc1cccc2[se]ncc12. The van der Waals surface area contributed by atoms with E-state index in [4.69, 9.17) is 11.6 Å². The zero-order chi connectivity index (χ0) is 6.97. The summed E-state index contributed by atoms with van der Waals surface area (Å²) in [6, 6.07) is 5.94. The molecule has 1 aromatic carbocycles. The molecule has 1 heterocycles. The molecule has 2 rings (SSSR count). The minimum atomic E-state index is 0.278. The van der Waals surface area contributed by atoms with Gasteiger partial charge in [-0.1, -0.05) is 0 Å². The number of aromatic nitrogens is 1. The van der Waals surface area contributed by atoms with Crippen LogP contribution in [0.5, 0.6) is 0 Å². The van der Waals surface area contributed by atoms with Crippen LogP contribution >= 0.6 is 11.6 Å². The molecule has 0 aliphatic heterocycles. The first-order chi connectivity index (χ1) is 4.88. The number of nitrogens with zero attached hydrogens (tertiary/aromatic N) is 1. The van der Waals surface area contributed by atoms with Crippen molar-refractivity contribution in [3.05, 3.63) is 29.4 Å². The average Bonchev–Trinajstić information content (AvgIpc) is 2.36. The molecule has 0 N–H and O–H groups in total. The van der Waals surface area contributed by atoms with E-state index in [1.54, 1.807) is 0 Å². The molecular weight excluding hydrogens is 212 g/mol. The number of hydrogen-bond acceptors (Lipinski definition) is 1. The molecule has 0 amide bonds. The van der Waals surface area contributed by atoms with Gasteiger partial charge in [0.1, 0.15) is 0 Å². The van der Waals surface area contributed by atoms with Crippen molar-refractivity contribution < 1.29 is 0 Å². The van der Waals surface area contributed by atoms with Crippen molar-refractivity contribution in [2.75, 3.05) is 0 Å². The molecule has 3 heteroatoms. The van der Waals surface area contributed by atoms with Crippen LogP contribution < -0.4 is 0 Å². The molecule has 0 saturated carbocycles. The second-order valence-electron chi connectivity index (χ2n) is 1.98. The number of fused-ring (bicyclic) bond motifs is 1. The molecule has 10 heavy (non-hydrogen) atoms. The number of rotatable bonds is 0. The second kappa shape index (κ2) is 2.39. The van der Waals surface area contributed by atoms with Crippen LogP contribution in [-0.4, -0.2) is 18.7 Å². The van der Waals surface area contributed by atoms with Crippen molar-refractivity contribution in [3.63, 3.8) is 0 Å². The van der Waals surface area contributed by atoms with Crippen LogP contribution in [0.25, 0.3) is 9.65 Å². The van der Waals surface area contributed by atoms with Gasteiger partial charge in [0.2, 0.25) is 0 Å². The fraction of sp³-hybridized carbons (Fsp3) is 0. The van der Waals surface area contributed by atoms with Crippen molar-refractivity contribution in [2.24, 2.45) is 0 Å². The van der Waals surface area contributed by atoms with E-state index in [1.807, 2.05) is 18.3 Å². The van der Waals surface area contributed by atoms with Gasteiger partial charge < -0.3 is 0 Å². The van der Waals surface area contributed by atoms with E-state index in [0.29, 0.717) is 0 Å². The van der Waals surface area contributed by atoms with Crippen LogP contribution in [0.4, 0.5) is 0 Å². The van der Waals surface area contributed by atoms with Crippen molar-refractivity contribution in [1.82, 2.24) is 3.98 Å². The summed E-state index contributed by atoms with van der Waals surface area (Å²) in [6.45, 7) is 0. The van der Waals surface area contributed by atoms with E-state index in [9.17, 15) is 0 Å². The topological polar surface area (TPSA) is 12.9 Å². The molecule has 0 unspecified atom stereocenters. The van der Waals surface area contributed by atoms with E-state index in [2.05, 4.69) is 10.0 Å². The van der Waals surface area contributed by atoms with Crippen LogP contribution in [0.3, 0.4) is 0 Å². The summed E-state index contributed by atoms with van der Waals surface area (Å²) in [5.74, 6) is 0. The van der Waals surface area contributed by atoms with Crippen molar-refractivity contribution >= 4 is 36.0 Å². The molecule has 1 aromatic heterocycles. The molecule has 0 saturated heterocycles. The monoisotopic (exact) mass is 217 g/mol. The van der Waals surface area contributed by atoms with Gasteiger partial charge in [0, 0.05) is 0 Å². The third-order valence-corrected chi connectivity index (χ3v) is 3.28. The third-order valence-electron chi connectivity index (χ3n) is 1.35. The summed E-state index contributed by atoms with van der Waals surface area (Å²) in [7, 11) is 0. The Kier molecular flexibility index (Phi) is 1.53. The molecule has 0 fully saturated rings. The molecule has 1 nitrogen and oxygen atoms in total. The van der Waals surface area contributed by atoms with Crippen molar-refractivity contribution in [2.45, 2.75) is 0 Å². The Hall–Kier alpha value is -0.301. The van der Waals surface area contributed by atoms with Gasteiger partial charge >= 0.3 is 69.4 Å². The fourth-order valence-electron chi connectivity index (χ4n) is 0.858. The van der Waals surface area contributed by atoms with Crippen LogP contribution in [0.2, 0.25) is 5.02 Å². The molecule has 50 valence electrons. The molecular formula is C7H4ClNSe. The second-order valence-corrected chi connectivity index (χ2v) is 4.13. The fourth-order valence-corrected chi connectivity index (χ4v) is 2.62. The molecule has 0 bridgehead atoms. The molecule has 0 radical (unpaired) electrons.